The third-order valence-electron chi connectivity index (χ3n) is 2.23. The predicted octanol–water partition coefficient (Wildman–Crippen LogP) is -2.23. The number of carboxylic acids is 1. The van der Waals surface area contributed by atoms with Crippen LogP contribution >= 0.6 is 0 Å². The zero-order valence-corrected chi connectivity index (χ0v) is 7.70. The van der Waals surface area contributed by atoms with Crippen LogP contribution in [0, 0.1) is 0 Å². The number of hydrogen-bond donors (Lipinski definition) is 5. The standard InChI is InChI=1S/C8H10N4O3/c9-5-3(8(14)15)1-10-7-6(5)12-4(13)2-11-7/h1,7,10-11H,2,9H2,(H,12,13)(H,14,15). The maximum Gasteiger partial charge on any atom is 0.339 e. The average molecular weight is 210 g/mol. The third-order valence-corrected chi connectivity index (χ3v) is 2.23. The molecule has 7 heteroatoms. The number of aliphatic carboxylic acids is 1. The van der Waals surface area contributed by atoms with Gasteiger partial charge in [0.15, 0.2) is 0 Å². The van der Waals surface area contributed by atoms with Crippen molar-refractivity contribution in [2.24, 2.45) is 5.73 Å². The van der Waals surface area contributed by atoms with E-state index in [2.05, 4.69) is 16.0 Å². The van der Waals surface area contributed by atoms with Crippen molar-refractivity contribution < 1.29 is 14.7 Å². The molecule has 0 spiro atoms. The van der Waals surface area contributed by atoms with Gasteiger partial charge in [0, 0.05) is 6.20 Å². The Morgan fingerprint density at radius 3 is 3.00 bits per heavy atom. The average Bonchev–Trinajstić information content (AvgIpc) is 2.19. The molecule has 1 atom stereocenters. The predicted molar refractivity (Wildman–Crippen MR) is 50.0 cm³/mol. The van der Waals surface area contributed by atoms with E-state index in [4.69, 9.17) is 10.8 Å². The fraction of sp³-hybridized carbons (Fsp3) is 0.250. The van der Waals surface area contributed by atoms with E-state index in [0.717, 1.165) is 0 Å². The van der Waals surface area contributed by atoms with Gasteiger partial charge in [0.2, 0.25) is 5.91 Å². The van der Waals surface area contributed by atoms with Crippen molar-refractivity contribution in [3.63, 3.8) is 0 Å². The van der Waals surface area contributed by atoms with Crippen LogP contribution in [-0.2, 0) is 9.59 Å². The minimum atomic E-state index is -1.13. The molecule has 6 N–H and O–H groups in total. The molecule has 7 nitrogen and oxygen atoms in total. The highest BCUT2D eigenvalue weighted by atomic mass is 16.4. The first-order valence-electron chi connectivity index (χ1n) is 4.32. The highest BCUT2D eigenvalue weighted by Gasteiger charge is 2.30. The van der Waals surface area contributed by atoms with E-state index >= 15 is 0 Å². The molecule has 0 saturated carbocycles. The first-order chi connectivity index (χ1) is 7.09. The fourth-order valence-corrected chi connectivity index (χ4v) is 1.49. The molecule has 1 amide bonds. The van der Waals surface area contributed by atoms with E-state index in [1.54, 1.807) is 0 Å². The van der Waals surface area contributed by atoms with Crippen LogP contribution in [0.15, 0.2) is 23.2 Å². The molecular weight excluding hydrogens is 200 g/mol. The Labute approximate surface area is 85.0 Å². The summed E-state index contributed by atoms with van der Waals surface area (Å²) in [5.41, 5.74) is 6.02. The van der Waals surface area contributed by atoms with Crippen LogP contribution in [0.5, 0.6) is 0 Å². The molecule has 1 saturated heterocycles. The quantitative estimate of drug-likeness (QED) is 0.334. The van der Waals surface area contributed by atoms with Crippen LogP contribution < -0.4 is 21.7 Å². The van der Waals surface area contributed by atoms with Gasteiger partial charge in [-0.3, -0.25) is 10.1 Å². The van der Waals surface area contributed by atoms with Gasteiger partial charge in [0.1, 0.15) is 6.17 Å². The second kappa shape index (κ2) is 3.28. The number of nitrogens with one attached hydrogen (secondary N) is 3. The molecular formula is C8H10N4O3. The van der Waals surface area contributed by atoms with E-state index < -0.39 is 5.97 Å². The summed E-state index contributed by atoms with van der Waals surface area (Å²) in [7, 11) is 0. The number of piperazine rings is 1. The summed E-state index contributed by atoms with van der Waals surface area (Å²) in [4.78, 5) is 21.8. The van der Waals surface area contributed by atoms with Gasteiger partial charge in [-0.15, -0.1) is 0 Å². The second-order valence-electron chi connectivity index (χ2n) is 3.22. The maximum atomic E-state index is 11.1. The van der Waals surface area contributed by atoms with Gasteiger partial charge >= 0.3 is 5.97 Å². The zero-order valence-electron chi connectivity index (χ0n) is 7.70. The summed E-state index contributed by atoms with van der Waals surface area (Å²) in [6, 6.07) is 0. The van der Waals surface area contributed by atoms with Gasteiger partial charge in [-0.05, 0) is 0 Å². The van der Waals surface area contributed by atoms with Gasteiger partial charge in [0.25, 0.3) is 0 Å². The first kappa shape index (κ1) is 9.53. The Kier molecular flexibility index (Phi) is 2.09. The Bertz CT molecular complexity index is 399. The van der Waals surface area contributed by atoms with Gasteiger partial charge in [0.05, 0.1) is 23.5 Å². The van der Waals surface area contributed by atoms with E-state index in [9.17, 15) is 9.59 Å². The monoisotopic (exact) mass is 210 g/mol. The number of carbonyl (C=O) groups is 2. The number of carboxylic acid groups (broad SMARTS) is 1. The van der Waals surface area contributed by atoms with E-state index in [-0.39, 0.29) is 29.9 Å². The van der Waals surface area contributed by atoms with Crippen LogP contribution in [0.2, 0.25) is 0 Å². The number of nitrogens with two attached hydrogens (primary N) is 1. The molecule has 0 radical (unpaired) electrons. The first-order valence-corrected chi connectivity index (χ1v) is 4.32. The van der Waals surface area contributed by atoms with Crippen LogP contribution in [-0.4, -0.2) is 29.7 Å². The lowest BCUT2D eigenvalue weighted by Gasteiger charge is -2.31. The van der Waals surface area contributed by atoms with Crippen molar-refractivity contribution >= 4 is 11.9 Å². The van der Waals surface area contributed by atoms with Crippen molar-refractivity contribution in [1.82, 2.24) is 16.0 Å². The Balaban J connectivity index is 2.35. The van der Waals surface area contributed by atoms with E-state index in [1.165, 1.54) is 6.20 Å². The number of dihydropyridines is 1. The molecule has 2 heterocycles. The number of amides is 1. The Morgan fingerprint density at radius 1 is 1.60 bits per heavy atom. The van der Waals surface area contributed by atoms with Crippen LogP contribution in [0.1, 0.15) is 0 Å². The summed E-state index contributed by atoms with van der Waals surface area (Å²) < 4.78 is 0. The largest absolute Gasteiger partial charge is 0.478 e. The molecule has 2 aliphatic heterocycles. The van der Waals surface area contributed by atoms with E-state index in [1.807, 2.05) is 0 Å². The lowest BCUT2D eigenvalue weighted by molar-refractivity contribution is -0.132. The molecule has 15 heavy (non-hydrogen) atoms. The van der Waals surface area contributed by atoms with Crippen molar-refractivity contribution in [2.75, 3.05) is 6.54 Å². The minimum Gasteiger partial charge on any atom is -0.478 e. The zero-order chi connectivity index (χ0) is 11.0. The smallest absolute Gasteiger partial charge is 0.339 e. The molecule has 2 rings (SSSR count). The molecule has 2 aliphatic rings. The Hall–Kier alpha value is -2.02. The number of carbonyl (C=O) groups excluding carboxylic acids is 1. The molecule has 0 aromatic rings. The fourth-order valence-electron chi connectivity index (χ4n) is 1.49. The van der Waals surface area contributed by atoms with Crippen LogP contribution in [0.3, 0.4) is 0 Å². The third kappa shape index (κ3) is 1.52. The molecule has 0 bridgehead atoms. The molecule has 1 unspecified atom stereocenters. The topological polar surface area (TPSA) is 116 Å². The maximum absolute atomic E-state index is 11.1. The highest BCUT2D eigenvalue weighted by Crippen LogP contribution is 2.16. The van der Waals surface area contributed by atoms with Gasteiger partial charge in [-0.25, -0.2) is 4.79 Å². The lowest BCUT2D eigenvalue weighted by atomic mass is 10.1. The minimum absolute atomic E-state index is 0.0507. The van der Waals surface area contributed by atoms with Crippen LogP contribution in [0.25, 0.3) is 0 Å². The highest BCUT2D eigenvalue weighted by molar-refractivity contribution is 5.93. The summed E-state index contributed by atoms with van der Waals surface area (Å²) in [5.74, 6) is -1.37. The van der Waals surface area contributed by atoms with Crippen molar-refractivity contribution in [1.29, 1.82) is 0 Å². The summed E-state index contributed by atoms with van der Waals surface area (Å²) >= 11 is 0. The number of hydrogen-bond acceptors (Lipinski definition) is 5. The number of fused-ring (bicyclic) bond motifs is 1. The normalized spacial score (nSPS) is 24.9. The van der Waals surface area contributed by atoms with Crippen LogP contribution in [0.4, 0.5) is 0 Å². The molecule has 0 aromatic carbocycles. The summed E-state index contributed by atoms with van der Waals surface area (Å²) in [6.45, 7) is 0.171. The molecule has 0 aliphatic carbocycles. The van der Waals surface area contributed by atoms with Gasteiger partial charge in [-0.2, -0.15) is 0 Å². The molecule has 0 aromatic heterocycles. The lowest BCUT2D eigenvalue weighted by Crippen LogP contribution is -2.57. The Morgan fingerprint density at radius 2 is 2.33 bits per heavy atom. The molecule has 80 valence electrons. The van der Waals surface area contributed by atoms with Crippen molar-refractivity contribution in [3.05, 3.63) is 23.2 Å². The second-order valence-corrected chi connectivity index (χ2v) is 3.22. The molecule has 1 fully saturated rings. The SMILES string of the molecule is NC1=C2NC(=O)CNC2NC=C1C(=O)O. The van der Waals surface area contributed by atoms with Crippen molar-refractivity contribution in [2.45, 2.75) is 6.17 Å². The summed E-state index contributed by atoms with van der Waals surface area (Å²) in [6.07, 6.45) is 0.988. The van der Waals surface area contributed by atoms with Gasteiger partial charge < -0.3 is 21.5 Å². The van der Waals surface area contributed by atoms with E-state index in [0.29, 0.717) is 5.70 Å². The summed E-state index contributed by atoms with van der Waals surface area (Å²) in [5, 5.41) is 17.0. The van der Waals surface area contributed by atoms with Crippen molar-refractivity contribution in [3.8, 4) is 0 Å². The number of rotatable bonds is 1. The van der Waals surface area contributed by atoms with Gasteiger partial charge in [-0.1, -0.05) is 0 Å².